The maximum absolute atomic E-state index is 5.96. The number of hydrogen-bond donors (Lipinski definition) is 1. The van der Waals surface area contributed by atoms with Crippen molar-refractivity contribution in [1.82, 2.24) is 5.32 Å². The van der Waals surface area contributed by atoms with Gasteiger partial charge in [0, 0.05) is 18.2 Å². The van der Waals surface area contributed by atoms with Crippen molar-refractivity contribution in [2.45, 2.75) is 33.4 Å². The van der Waals surface area contributed by atoms with Crippen LogP contribution in [0.3, 0.4) is 0 Å². The van der Waals surface area contributed by atoms with E-state index in [4.69, 9.17) is 4.74 Å². The number of rotatable bonds is 5. The molecule has 0 saturated heterocycles. The molecule has 0 fully saturated rings. The van der Waals surface area contributed by atoms with Crippen molar-refractivity contribution >= 4 is 0 Å². The van der Waals surface area contributed by atoms with Crippen LogP contribution in [0, 0.1) is 6.92 Å². The van der Waals surface area contributed by atoms with Crippen LogP contribution in [-0.2, 0) is 6.54 Å². The van der Waals surface area contributed by atoms with Gasteiger partial charge < -0.3 is 10.1 Å². The Kier molecular flexibility index (Phi) is 4.58. The monoisotopic (exact) mass is 255 g/mol. The van der Waals surface area contributed by atoms with Crippen LogP contribution in [0.1, 0.15) is 25.0 Å². The fraction of sp³-hybridized carbons (Fsp3) is 0.294. The van der Waals surface area contributed by atoms with Crippen molar-refractivity contribution in [1.29, 1.82) is 0 Å². The van der Waals surface area contributed by atoms with Gasteiger partial charge in [0.05, 0.1) is 0 Å². The van der Waals surface area contributed by atoms with Gasteiger partial charge in [-0.2, -0.15) is 0 Å². The second-order valence-corrected chi connectivity index (χ2v) is 5.06. The molecule has 2 rings (SSSR count). The van der Waals surface area contributed by atoms with Crippen molar-refractivity contribution < 1.29 is 4.74 Å². The summed E-state index contributed by atoms with van der Waals surface area (Å²) in [4.78, 5) is 0. The Morgan fingerprint density at radius 1 is 1.00 bits per heavy atom. The van der Waals surface area contributed by atoms with Gasteiger partial charge in [0.2, 0.25) is 0 Å². The predicted octanol–water partition coefficient (Wildman–Crippen LogP) is 4.29. The zero-order valence-corrected chi connectivity index (χ0v) is 11.8. The number of para-hydroxylation sites is 1. The highest BCUT2D eigenvalue weighted by molar-refractivity contribution is 5.38. The van der Waals surface area contributed by atoms with Crippen LogP contribution in [0.2, 0.25) is 0 Å². The molecule has 0 saturated carbocycles. The third kappa shape index (κ3) is 4.11. The van der Waals surface area contributed by atoms with Gasteiger partial charge in [0.25, 0.3) is 0 Å². The van der Waals surface area contributed by atoms with E-state index in [9.17, 15) is 0 Å². The Bertz CT molecular complexity index is 517. The molecule has 0 atom stereocenters. The van der Waals surface area contributed by atoms with Gasteiger partial charge in [0.1, 0.15) is 11.5 Å². The average molecular weight is 255 g/mol. The molecule has 19 heavy (non-hydrogen) atoms. The lowest BCUT2D eigenvalue weighted by molar-refractivity contribution is 0.469. The second-order valence-electron chi connectivity index (χ2n) is 5.06. The lowest BCUT2D eigenvalue weighted by atomic mass is 10.2. The van der Waals surface area contributed by atoms with E-state index in [0.717, 1.165) is 18.0 Å². The Morgan fingerprint density at radius 2 is 1.68 bits per heavy atom. The number of aryl methyl sites for hydroxylation is 1. The van der Waals surface area contributed by atoms with Gasteiger partial charge >= 0.3 is 0 Å². The first-order valence-corrected chi connectivity index (χ1v) is 6.71. The summed E-state index contributed by atoms with van der Waals surface area (Å²) in [5.74, 6) is 1.79. The second kappa shape index (κ2) is 6.39. The van der Waals surface area contributed by atoms with E-state index >= 15 is 0 Å². The van der Waals surface area contributed by atoms with Gasteiger partial charge in [0.15, 0.2) is 0 Å². The van der Waals surface area contributed by atoms with Crippen molar-refractivity contribution in [3.63, 3.8) is 0 Å². The van der Waals surface area contributed by atoms with Gasteiger partial charge in [-0.25, -0.2) is 0 Å². The highest BCUT2D eigenvalue weighted by atomic mass is 16.5. The molecule has 0 bridgehead atoms. The van der Waals surface area contributed by atoms with Crippen LogP contribution in [0.15, 0.2) is 48.5 Å². The van der Waals surface area contributed by atoms with E-state index in [1.165, 1.54) is 11.1 Å². The zero-order chi connectivity index (χ0) is 13.7. The fourth-order valence-corrected chi connectivity index (χ4v) is 1.80. The molecule has 0 radical (unpaired) electrons. The molecule has 0 aliphatic heterocycles. The quantitative estimate of drug-likeness (QED) is 0.860. The predicted molar refractivity (Wildman–Crippen MR) is 79.7 cm³/mol. The van der Waals surface area contributed by atoms with Crippen LogP contribution in [-0.4, -0.2) is 6.04 Å². The van der Waals surface area contributed by atoms with Crippen LogP contribution in [0.5, 0.6) is 11.5 Å². The molecule has 2 heteroatoms. The fourth-order valence-electron chi connectivity index (χ4n) is 1.80. The molecule has 2 aromatic carbocycles. The van der Waals surface area contributed by atoms with Gasteiger partial charge in [-0.3, -0.25) is 0 Å². The van der Waals surface area contributed by atoms with E-state index in [0.29, 0.717) is 6.04 Å². The summed E-state index contributed by atoms with van der Waals surface area (Å²) < 4.78 is 5.96. The first-order valence-electron chi connectivity index (χ1n) is 6.71. The normalized spacial score (nSPS) is 10.7. The van der Waals surface area contributed by atoms with Gasteiger partial charge in [-0.15, -0.1) is 0 Å². The maximum Gasteiger partial charge on any atom is 0.131 e. The number of hydrogen-bond acceptors (Lipinski definition) is 2. The molecule has 0 unspecified atom stereocenters. The van der Waals surface area contributed by atoms with E-state index in [-0.39, 0.29) is 0 Å². The standard InChI is InChI=1S/C17H21NO/c1-13(2)18-12-15-6-4-5-7-17(15)19-16-10-8-14(3)9-11-16/h4-11,13,18H,12H2,1-3H3. The first kappa shape index (κ1) is 13.6. The molecule has 100 valence electrons. The van der Waals surface area contributed by atoms with Crippen molar-refractivity contribution in [3.8, 4) is 11.5 Å². The average Bonchev–Trinajstić information content (AvgIpc) is 2.40. The van der Waals surface area contributed by atoms with Gasteiger partial charge in [-0.05, 0) is 25.1 Å². The van der Waals surface area contributed by atoms with Crippen LogP contribution >= 0.6 is 0 Å². The topological polar surface area (TPSA) is 21.3 Å². The largest absolute Gasteiger partial charge is 0.457 e. The number of ether oxygens (including phenoxy) is 1. The summed E-state index contributed by atoms with van der Waals surface area (Å²) in [6, 6.07) is 16.7. The van der Waals surface area contributed by atoms with E-state index in [2.05, 4.69) is 44.3 Å². The molecule has 2 aromatic rings. The molecule has 0 spiro atoms. The van der Waals surface area contributed by atoms with E-state index < -0.39 is 0 Å². The minimum Gasteiger partial charge on any atom is -0.457 e. The van der Waals surface area contributed by atoms with E-state index in [1.807, 2.05) is 30.3 Å². The molecule has 0 aliphatic rings. The highest BCUT2D eigenvalue weighted by Crippen LogP contribution is 2.25. The van der Waals surface area contributed by atoms with Gasteiger partial charge in [-0.1, -0.05) is 49.7 Å². The summed E-state index contributed by atoms with van der Waals surface area (Å²) in [7, 11) is 0. The SMILES string of the molecule is Cc1ccc(Oc2ccccc2CNC(C)C)cc1. The third-order valence-corrected chi connectivity index (χ3v) is 2.92. The molecule has 0 aromatic heterocycles. The van der Waals surface area contributed by atoms with Crippen LogP contribution < -0.4 is 10.1 Å². The Balaban J connectivity index is 2.13. The minimum absolute atomic E-state index is 0.465. The zero-order valence-electron chi connectivity index (χ0n) is 11.8. The summed E-state index contributed by atoms with van der Waals surface area (Å²) in [5.41, 5.74) is 2.42. The molecular formula is C17H21NO. The van der Waals surface area contributed by atoms with Crippen molar-refractivity contribution in [2.24, 2.45) is 0 Å². The Morgan fingerprint density at radius 3 is 2.37 bits per heavy atom. The maximum atomic E-state index is 5.96. The lowest BCUT2D eigenvalue weighted by Gasteiger charge is -2.13. The summed E-state index contributed by atoms with van der Waals surface area (Å²) in [5, 5.41) is 3.42. The minimum atomic E-state index is 0.465. The molecule has 1 N–H and O–H groups in total. The molecule has 2 nitrogen and oxygen atoms in total. The van der Waals surface area contributed by atoms with Crippen LogP contribution in [0.4, 0.5) is 0 Å². The Hall–Kier alpha value is -1.80. The van der Waals surface area contributed by atoms with Crippen molar-refractivity contribution in [2.75, 3.05) is 0 Å². The summed E-state index contributed by atoms with van der Waals surface area (Å²) >= 11 is 0. The lowest BCUT2D eigenvalue weighted by Crippen LogP contribution is -2.22. The van der Waals surface area contributed by atoms with E-state index in [1.54, 1.807) is 0 Å². The molecule has 0 amide bonds. The molecule has 0 aliphatic carbocycles. The molecule has 0 heterocycles. The number of nitrogens with one attached hydrogen (secondary N) is 1. The third-order valence-electron chi connectivity index (χ3n) is 2.92. The highest BCUT2D eigenvalue weighted by Gasteiger charge is 2.04. The Labute approximate surface area is 115 Å². The van der Waals surface area contributed by atoms with Crippen molar-refractivity contribution in [3.05, 3.63) is 59.7 Å². The summed E-state index contributed by atoms with van der Waals surface area (Å²) in [6.07, 6.45) is 0. The molecular weight excluding hydrogens is 234 g/mol. The number of benzene rings is 2. The summed E-state index contributed by atoms with van der Waals surface area (Å²) in [6.45, 7) is 7.18. The smallest absolute Gasteiger partial charge is 0.131 e. The first-order chi connectivity index (χ1) is 9.15. The van der Waals surface area contributed by atoms with Crippen LogP contribution in [0.25, 0.3) is 0 Å².